The Morgan fingerprint density at radius 1 is 1.63 bits per heavy atom. The maximum atomic E-state index is 12.6. The predicted molar refractivity (Wildman–Crippen MR) is 68.9 cm³/mol. The van der Waals surface area contributed by atoms with E-state index in [1.54, 1.807) is 29.5 Å². The van der Waals surface area contributed by atoms with Crippen LogP contribution in [0.3, 0.4) is 0 Å². The molecular formula is C10H9F2IN2O4. The van der Waals surface area contributed by atoms with Crippen molar-refractivity contribution in [1.29, 1.82) is 0 Å². The first-order valence-corrected chi connectivity index (χ1v) is 6.22. The molecule has 0 aliphatic carbocycles. The van der Waals surface area contributed by atoms with Crippen LogP contribution in [-0.2, 0) is 16.0 Å². The highest BCUT2D eigenvalue weighted by molar-refractivity contribution is 14.1. The third-order valence-corrected chi connectivity index (χ3v) is 3.02. The molecule has 0 saturated heterocycles. The van der Waals surface area contributed by atoms with Gasteiger partial charge in [0.1, 0.15) is 12.0 Å². The predicted octanol–water partition coefficient (Wildman–Crippen LogP) is 2.64. The van der Waals surface area contributed by atoms with Gasteiger partial charge in [0, 0.05) is 0 Å². The zero-order valence-corrected chi connectivity index (χ0v) is 11.9. The number of hydrogen-bond acceptors (Lipinski definition) is 5. The second kappa shape index (κ2) is 6.68. The first-order chi connectivity index (χ1) is 8.86. The maximum Gasteiger partial charge on any atom is 0.372 e. The van der Waals surface area contributed by atoms with Crippen molar-refractivity contribution in [3.8, 4) is 0 Å². The SMILES string of the molecule is CCOC(=O)Cc1nc([N+](=O)[O-])c(C(F)F)cc1I. The Balaban J connectivity index is 3.17. The summed E-state index contributed by atoms with van der Waals surface area (Å²) in [5.41, 5.74) is -0.711. The van der Waals surface area contributed by atoms with Crippen LogP contribution in [0.1, 0.15) is 24.6 Å². The minimum Gasteiger partial charge on any atom is -0.466 e. The second-order valence-electron chi connectivity index (χ2n) is 3.37. The van der Waals surface area contributed by atoms with Gasteiger partial charge in [-0.2, -0.15) is 0 Å². The van der Waals surface area contributed by atoms with Gasteiger partial charge < -0.3 is 14.9 Å². The summed E-state index contributed by atoms with van der Waals surface area (Å²) in [6, 6.07) is 0.963. The average molecular weight is 386 g/mol. The normalized spacial score (nSPS) is 10.6. The summed E-state index contributed by atoms with van der Waals surface area (Å²) in [5.74, 6) is -1.55. The van der Waals surface area contributed by atoms with E-state index >= 15 is 0 Å². The first kappa shape index (κ1) is 15.7. The zero-order valence-electron chi connectivity index (χ0n) is 9.73. The van der Waals surface area contributed by atoms with E-state index in [1.165, 1.54) is 0 Å². The molecule has 1 heterocycles. The van der Waals surface area contributed by atoms with Crippen LogP contribution in [0.4, 0.5) is 14.6 Å². The maximum absolute atomic E-state index is 12.6. The Labute approximate surface area is 120 Å². The third-order valence-electron chi connectivity index (χ3n) is 2.08. The average Bonchev–Trinajstić information content (AvgIpc) is 2.31. The van der Waals surface area contributed by atoms with Gasteiger partial charge in [0.25, 0.3) is 6.43 Å². The Morgan fingerprint density at radius 2 is 2.26 bits per heavy atom. The highest BCUT2D eigenvalue weighted by atomic mass is 127. The number of halogens is 3. The molecule has 19 heavy (non-hydrogen) atoms. The summed E-state index contributed by atoms with van der Waals surface area (Å²) < 4.78 is 30.2. The van der Waals surface area contributed by atoms with Gasteiger partial charge in [-0.05, 0) is 45.5 Å². The van der Waals surface area contributed by atoms with E-state index in [0.29, 0.717) is 0 Å². The van der Waals surface area contributed by atoms with Crippen LogP contribution in [0.5, 0.6) is 0 Å². The Hall–Kier alpha value is -1.39. The summed E-state index contributed by atoms with van der Waals surface area (Å²) in [6.45, 7) is 1.77. The molecule has 0 spiro atoms. The molecule has 0 saturated carbocycles. The van der Waals surface area contributed by atoms with Crippen molar-refractivity contribution in [2.75, 3.05) is 6.61 Å². The van der Waals surface area contributed by atoms with E-state index in [9.17, 15) is 23.7 Å². The number of carbonyl (C=O) groups is 1. The van der Waals surface area contributed by atoms with Crippen molar-refractivity contribution >= 4 is 34.4 Å². The van der Waals surface area contributed by atoms with Crippen molar-refractivity contribution in [2.24, 2.45) is 0 Å². The van der Waals surface area contributed by atoms with E-state index in [1.807, 2.05) is 0 Å². The molecule has 0 atom stereocenters. The number of pyridine rings is 1. The van der Waals surface area contributed by atoms with Gasteiger partial charge in [0.15, 0.2) is 5.69 Å². The van der Waals surface area contributed by atoms with Gasteiger partial charge in [0.05, 0.1) is 10.2 Å². The number of hydrogen-bond donors (Lipinski definition) is 0. The van der Waals surface area contributed by atoms with Crippen LogP contribution in [0.15, 0.2) is 6.07 Å². The van der Waals surface area contributed by atoms with E-state index in [4.69, 9.17) is 0 Å². The lowest BCUT2D eigenvalue weighted by Gasteiger charge is -2.05. The van der Waals surface area contributed by atoms with Crippen LogP contribution in [0.2, 0.25) is 0 Å². The van der Waals surface area contributed by atoms with E-state index in [0.717, 1.165) is 6.07 Å². The third kappa shape index (κ3) is 4.04. The Kier molecular flexibility index (Phi) is 5.51. The fourth-order valence-electron chi connectivity index (χ4n) is 1.31. The molecule has 0 unspecified atom stereocenters. The van der Waals surface area contributed by atoms with Crippen LogP contribution in [0, 0.1) is 13.7 Å². The lowest BCUT2D eigenvalue weighted by Crippen LogP contribution is -2.12. The van der Waals surface area contributed by atoms with E-state index in [2.05, 4.69) is 9.72 Å². The van der Waals surface area contributed by atoms with E-state index in [-0.39, 0.29) is 22.3 Å². The summed E-state index contributed by atoms with van der Waals surface area (Å²) in [4.78, 5) is 24.5. The molecular weight excluding hydrogens is 377 g/mol. The fourth-order valence-corrected chi connectivity index (χ4v) is 1.96. The zero-order chi connectivity index (χ0) is 14.6. The number of aromatic nitrogens is 1. The number of alkyl halides is 2. The highest BCUT2D eigenvalue weighted by Crippen LogP contribution is 2.30. The van der Waals surface area contributed by atoms with Gasteiger partial charge in [-0.3, -0.25) is 4.79 Å². The van der Waals surface area contributed by atoms with Crippen LogP contribution in [0.25, 0.3) is 0 Å². The minimum atomic E-state index is -3.00. The molecule has 0 N–H and O–H groups in total. The molecule has 0 aromatic carbocycles. The molecule has 0 bridgehead atoms. The summed E-state index contributed by atoms with van der Waals surface area (Å²) in [5, 5.41) is 10.7. The van der Waals surface area contributed by atoms with Crippen LogP contribution < -0.4 is 0 Å². The number of nitro groups is 1. The lowest BCUT2D eigenvalue weighted by atomic mass is 10.2. The number of rotatable bonds is 5. The van der Waals surface area contributed by atoms with Crippen LogP contribution in [-0.4, -0.2) is 22.5 Å². The summed E-state index contributed by atoms with van der Waals surface area (Å²) >= 11 is 1.69. The van der Waals surface area contributed by atoms with Crippen molar-refractivity contribution in [2.45, 2.75) is 19.8 Å². The second-order valence-corrected chi connectivity index (χ2v) is 4.53. The largest absolute Gasteiger partial charge is 0.466 e. The number of carbonyl (C=O) groups excluding carboxylic acids is 1. The molecule has 6 nitrogen and oxygen atoms in total. The molecule has 0 fully saturated rings. The quantitative estimate of drug-likeness (QED) is 0.336. The van der Waals surface area contributed by atoms with Crippen molar-refractivity contribution < 1.29 is 23.2 Å². The molecule has 9 heteroatoms. The minimum absolute atomic E-state index is 0.0511. The van der Waals surface area contributed by atoms with Crippen molar-refractivity contribution in [1.82, 2.24) is 4.98 Å². The molecule has 1 aromatic heterocycles. The molecule has 0 aliphatic rings. The Bertz CT molecular complexity index is 511. The molecule has 1 aromatic rings. The summed E-state index contributed by atoms with van der Waals surface area (Å²) in [6.07, 6.45) is -3.30. The topological polar surface area (TPSA) is 82.3 Å². The van der Waals surface area contributed by atoms with Gasteiger partial charge in [-0.1, -0.05) is 0 Å². The first-order valence-electron chi connectivity index (χ1n) is 5.14. The smallest absolute Gasteiger partial charge is 0.372 e. The lowest BCUT2D eigenvalue weighted by molar-refractivity contribution is -0.391. The fraction of sp³-hybridized carbons (Fsp3) is 0.400. The van der Waals surface area contributed by atoms with Gasteiger partial charge in [-0.15, -0.1) is 0 Å². The van der Waals surface area contributed by atoms with Gasteiger partial charge in [-0.25, -0.2) is 8.78 Å². The molecule has 1 rings (SSSR count). The van der Waals surface area contributed by atoms with Gasteiger partial charge in [0.2, 0.25) is 0 Å². The standard InChI is InChI=1S/C10H9F2IN2O4/c1-2-19-8(16)4-7-6(13)3-5(9(11)12)10(14-7)15(17)18/h3,9H,2,4H2,1H3. The number of ether oxygens (including phenoxy) is 1. The highest BCUT2D eigenvalue weighted by Gasteiger charge is 2.27. The molecule has 0 amide bonds. The van der Waals surface area contributed by atoms with Gasteiger partial charge >= 0.3 is 11.8 Å². The van der Waals surface area contributed by atoms with Crippen molar-refractivity contribution in [3.63, 3.8) is 0 Å². The molecule has 0 radical (unpaired) electrons. The Morgan fingerprint density at radius 3 is 2.74 bits per heavy atom. The molecule has 104 valence electrons. The summed E-state index contributed by atoms with van der Waals surface area (Å²) in [7, 11) is 0. The number of esters is 1. The van der Waals surface area contributed by atoms with E-state index < -0.39 is 28.7 Å². The van der Waals surface area contributed by atoms with Crippen LogP contribution >= 0.6 is 22.6 Å². The monoisotopic (exact) mass is 386 g/mol. The van der Waals surface area contributed by atoms with Crippen molar-refractivity contribution in [3.05, 3.63) is 31.0 Å². The molecule has 0 aliphatic heterocycles. The number of nitrogens with zero attached hydrogens (tertiary/aromatic N) is 2.